The largest absolute Gasteiger partial charge is 0.282 e. The summed E-state index contributed by atoms with van der Waals surface area (Å²) < 4.78 is 17.6. The van der Waals surface area contributed by atoms with Gasteiger partial charge in [-0.3, -0.25) is 0 Å². The van der Waals surface area contributed by atoms with Crippen LogP contribution in [0, 0.1) is 37.4 Å². The molecule has 2 aromatic carbocycles. The molecule has 3 aromatic rings. The number of halogens is 1. The number of fused-ring (bicyclic) bond motifs is 1. The lowest BCUT2D eigenvalue weighted by atomic mass is 10.1. The molecule has 5 radical (unpaired) electrons. The third-order valence-electron chi connectivity index (χ3n) is 4.52. The predicted octanol–water partition coefficient (Wildman–Crippen LogP) is 4.18. The summed E-state index contributed by atoms with van der Waals surface area (Å²) in [5.74, 6) is 2.16. The zero-order valence-corrected chi connectivity index (χ0v) is 14.1. The van der Waals surface area contributed by atoms with Crippen molar-refractivity contribution in [2.24, 2.45) is 7.05 Å². The van der Waals surface area contributed by atoms with E-state index < -0.39 is 0 Å². The SMILES string of the molecule is C[n+]1c(/C=C/c2ccc(F)cc2)n(C[C]2[CH][CH][CH][CH]2)c2ccccc21. The van der Waals surface area contributed by atoms with Crippen LogP contribution in [0.1, 0.15) is 11.4 Å². The minimum Gasteiger partial charge on any atom is -0.226 e. The Labute approximate surface area is 148 Å². The van der Waals surface area contributed by atoms with Crippen molar-refractivity contribution in [2.45, 2.75) is 6.54 Å². The average Bonchev–Trinajstić information content (AvgIpc) is 3.23. The van der Waals surface area contributed by atoms with Crippen molar-refractivity contribution < 1.29 is 8.96 Å². The van der Waals surface area contributed by atoms with Gasteiger partial charge >= 0.3 is 0 Å². The second-order valence-electron chi connectivity index (χ2n) is 6.17. The fourth-order valence-corrected chi connectivity index (χ4v) is 3.22. The maximum absolute atomic E-state index is 13.1. The zero-order valence-electron chi connectivity index (χ0n) is 14.1. The van der Waals surface area contributed by atoms with Crippen molar-refractivity contribution in [1.29, 1.82) is 0 Å². The van der Waals surface area contributed by atoms with Crippen LogP contribution in [0.25, 0.3) is 23.2 Å². The summed E-state index contributed by atoms with van der Waals surface area (Å²) in [5, 5.41) is 0. The molecule has 0 unspecified atom stereocenters. The van der Waals surface area contributed by atoms with Gasteiger partial charge < -0.3 is 0 Å². The first kappa shape index (κ1) is 16.1. The van der Waals surface area contributed by atoms with Crippen molar-refractivity contribution in [3.8, 4) is 0 Å². The Morgan fingerprint density at radius 2 is 1.68 bits per heavy atom. The monoisotopic (exact) mass is 330 g/mol. The Balaban J connectivity index is 1.75. The zero-order chi connectivity index (χ0) is 17.2. The fraction of sp³-hybridized carbons (Fsp3) is 0.0909. The Kier molecular flexibility index (Phi) is 4.39. The molecule has 4 rings (SSSR count). The molecule has 1 aliphatic rings. The van der Waals surface area contributed by atoms with E-state index in [2.05, 4.69) is 72.2 Å². The van der Waals surface area contributed by atoms with E-state index in [1.165, 1.54) is 29.1 Å². The smallest absolute Gasteiger partial charge is 0.226 e. The summed E-state index contributed by atoms with van der Waals surface area (Å²) in [5.41, 5.74) is 3.37. The Bertz CT molecular complexity index is 900. The molecule has 0 atom stereocenters. The molecule has 1 aromatic heterocycles. The van der Waals surface area contributed by atoms with Gasteiger partial charge in [0.1, 0.15) is 5.82 Å². The van der Waals surface area contributed by atoms with Crippen LogP contribution in [-0.2, 0) is 13.6 Å². The standard InChI is InChI=1S/C22H19FN2/c1-24-20-8-4-5-9-21(20)25(16-18-6-2-3-7-18)22(24)15-12-17-10-13-19(23)14-11-17/h2-15H,16H2,1H3/q+1/b15-12+. The molecule has 3 heteroatoms. The van der Waals surface area contributed by atoms with Gasteiger partial charge in [0.25, 0.3) is 5.82 Å². The molecule has 0 amide bonds. The van der Waals surface area contributed by atoms with Gasteiger partial charge in [-0.1, -0.05) is 24.3 Å². The van der Waals surface area contributed by atoms with Crippen molar-refractivity contribution >= 4 is 23.2 Å². The first-order valence-corrected chi connectivity index (χ1v) is 8.34. The van der Waals surface area contributed by atoms with E-state index >= 15 is 0 Å². The Morgan fingerprint density at radius 3 is 2.44 bits per heavy atom. The average molecular weight is 330 g/mol. The van der Waals surface area contributed by atoms with Gasteiger partial charge in [-0.2, -0.15) is 0 Å². The van der Waals surface area contributed by atoms with Crippen LogP contribution in [0.5, 0.6) is 0 Å². The van der Waals surface area contributed by atoms with Gasteiger partial charge in [0.05, 0.1) is 13.6 Å². The third kappa shape index (κ3) is 3.23. The molecule has 0 N–H and O–H groups in total. The molecule has 1 heterocycles. The summed E-state index contributed by atoms with van der Waals surface area (Å²) in [7, 11) is 2.08. The van der Waals surface area contributed by atoms with Crippen LogP contribution >= 0.6 is 0 Å². The Morgan fingerprint density at radius 1 is 0.960 bits per heavy atom. The van der Waals surface area contributed by atoms with Crippen LogP contribution in [0.3, 0.4) is 0 Å². The number of aryl methyl sites for hydroxylation is 1. The molecule has 0 bridgehead atoms. The number of aromatic nitrogens is 2. The van der Waals surface area contributed by atoms with E-state index in [0.29, 0.717) is 0 Å². The minimum absolute atomic E-state index is 0.215. The maximum Gasteiger partial charge on any atom is 0.282 e. The van der Waals surface area contributed by atoms with Gasteiger partial charge in [-0.15, -0.1) is 0 Å². The molecule has 1 saturated carbocycles. The van der Waals surface area contributed by atoms with Crippen LogP contribution in [0.15, 0.2) is 48.5 Å². The van der Waals surface area contributed by atoms with E-state index in [0.717, 1.165) is 17.9 Å². The quantitative estimate of drug-likeness (QED) is 0.635. The number of benzene rings is 2. The summed E-state index contributed by atoms with van der Waals surface area (Å²) in [6.45, 7) is 0.817. The van der Waals surface area contributed by atoms with Crippen molar-refractivity contribution in [3.63, 3.8) is 0 Å². The summed E-state index contributed by atoms with van der Waals surface area (Å²) in [4.78, 5) is 0. The molecule has 1 aliphatic carbocycles. The minimum atomic E-state index is -0.215. The molecule has 1 fully saturated rings. The number of hydrogen-bond donors (Lipinski definition) is 0. The maximum atomic E-state index is 13.1. The molecule has 0 saturated heterocycles. The molecular weight excluding hydrogens is 311 g/mol. The number of nitrogens with zero attached hydrogens (tertiary/aromatic N) is 2. The van der Waals surface area contributed by atoms with Crippen LogP contribution in [-0.4, -0.2) is 4.57 Å². The second kappa shape index (κ2) is 6.83. The van der Waals surface area contributed by atoms with Crippen LogP contribution in [0.2, 0.25) is 0 Å². The summed E-state index contributed by atoms with van der Waals surface area (Å²) in [6.07, 6.45) is 12.5. The van der Waals surface area contributed by atoms with E-state index in [4.69, 9.17) is 0 Å². The first-order valence-electron chi connectivity index (χ1n) is 8.34. The highest BCUT2D eigenvalue weighted by molar-refractivity contribution is 5.76. The summed E-state index contributed by atoms with van der Waals surface area (Å²) in [6, 6.07) is 14.9. The van der Waals surface area contributed by atoms with Crippen molar-refractivity contribution in [1.82, 2.24) is 4.57 Å². The lowest BCUT2D eigenvalue weighted by Gasteiger charge is -2.06. The van der Waals surface area contributed by atoms with E-state index in [1.54, 1.807) is 12.1 Å². The lowest BCUT2D eigenvalue weighted by molar-refractivity contribution is -0.647. The van der Waals surface area contributed by atoms with Gasteiger partial charge in [0, 0.05) is 12.0 Å². The second-order valence-corrected chi connectivity index (χ2v) is 6.17. The van der Waals surface area contributed by atoms with E-state index in [9.17, 15) is 4.39 Å². The number of hydrogen-bond acceptors (Lipinski definition) is 0. The topological polar surface area (TPSA) is 8.81 Å². The highest BCUT2D eigenvalue weighted by Crippen LogP contribution is 2.27. The number of para-hydroxylation sites is 2. The highest BCUT2D eigenvalue weighted by Gasteiger charge is 2.26. The van der Waals surface area contributed by atoms with Crippen molar-refractivity contribution in [3.05, 3.63) is 97.3 Å². The van der Waals surface area contributed by atoms with Gasteiger partial charge in [-0.05, 0) is 61.6 Å². The fourth-order valence-electron chi connectivity index (χ4n) is 3.22. The first-order chi connectivity index (χ1) is 12.2. The van der Waals surface area contributed by atoms with Gasteiger partial charge in [0.2, 0.25) is 0 Å². The highest BCUT2D eigenvalue weighted by atomic mass is 19.1. The van der Waals surface area contributed by atoms with Crippen LogP contribution < -0.4 is 4.57 Å². The normalized spacial score (nSPS) is 15.6. The molecule has 2 nitrogen and oxygen atoms in total. The number of imidazole rings is 1. The third-order valence-corrected chi connectivity index (χ3v) is 4.52. The predicted molar refractivity (Wildman–Crippen MR) is 98.9 cm³/mol. The molecular formula is C22H19FN2+. The van der Waals surface area contributed by atoms with Gasteiger partial charge in [-0.25, -0.2) is 13.5 Å². The molecule has 25 heavy (non-hydrogen) atoms. The van der Waals surface area contributed by atoms with E-state index in [1.807, 2.05) is 6.08 Å². The Hall–Kier alpha value is -2.42. The van der Waals surface area contributed by atoms with Crippen molar-refractivity contribution in [2.75, 3.05) is 0 Å². The lowest BCUT2D eigenvalue weighted by Crippen LogP contribution is -2.31. The van der Waals surface area contributed by atoms with E-state index in [-0.39, 0.29) is 5.82 Å². The van der Waals surface area contributed by atoms with Gasteiger partial charge in [0.15, 0.2) is 11.0 Å². The molecule has 0 aliphatic heterocycles. The summed E-state index contributed by atoms with van der Waals surface area (Å²) >= 11 is 0. The number of rotatable bonds is 4. The molecule has 123 valence electrons. The van der Waals surface area contributed by atoms with Crippen LogP contribution in [0.4, 0.5) is 4.39 Å². The molecule has 0 spiro atoms.